The molecule has 0 bridgehead atoms. The molecule has 0 aliphatic carbocycles. The molecule has 0 radical (unpaired) electrons. The highest BCUT2D eigenvalue weighted by Crippen LogP contribution is 2.22. The first kappa shape index (κ1) is 18.8. The summed E-state index contributed by atoms with van der Waals surface area (Å²) >= 11 is 0. The van der Waals surface area contributed by atoms with E-state index in [9.17, 15) is 4.79 Å². The van der Waals surface area contributed by atoms with Crippen LogP contribution in [0, 0.1) is 0 Å². The summed E-state index contributed by atoms with van der Waals surface area (Å²) in [6.07, 6.45) is 0.297. The Morgan fingerprint density at radius 2 is 1.52 bits per heavy atom. The summed E-state index contributed by atoms with van der Waals surface area (Å²) < 4.78 is 5.22. The number of hydrogen-bond donors (Lipinski definition) is 1. The van der Waals surface area contributed by atoms with Crippen LogP contribution in [0.15, 0.2) is 84.9 Å². The van der Waals surface area contributed by atoms with Gasteiger partial charge in [-0.3, -0.25) is 9.63 Å². The van der Waals surface area contributed by atoms with Gasteiger partial charge in [-0.15, -0.1) is 0 Å². The highest BCUT2D eigenvalue weighted by molar-refractivity contribution is 5.96. The van der Waals surface area contributed by atoms with E-state index in [2.05, 4.69) is 5.48 Å². The lowest BCUT2D eigenvalue weighted by molar-refractivity contribution is 0.00175. The molecule has 4 nitrogen and oxygen atoms in total. The highest BCUT2D eigenvalue weighted by atomic mass is 16.6. The van der Waals surface area contributed by atoms with Crippen molar-refractivity contribution in [1.29, 1.82) is 0 Å². The van der Waals surface area contributed by atoms with Gasteiger partial charge in [0.05, 0.1) is 19.8 Å². The number of Topliss-reactive ketones (excluding diaryl/α,β-unsaturated/α-hetero) is 1. The molecule has 0 aliphatic heterocycles. The number of ether oxygens (including phenoxy) is 1. The van der Waals surface area contributed by atoms with Crippen LogP contribution in [0.2, 0.25) is 0 Å². The van der Waals surface area contributed by atoms with Crippen LogP contribution in [-0.2, 0) is 11.4 Å². The van der Waals surface area contributed by atoms with Crippen molar-refractivity contribution in [3.63, 3.8) is 0 Å². The zero-order chi connectivity index (χ0) is 18.9. The van der Waals surface area contributed by atoms with Crippen molar-refractivity contribution in [3.8, 4) is 5.75 Å². The molecule has 0 aliphatic rings. The normalized spacial score (nSPS) is 11.7. The molecule has 0 spiro atoms. The molecule has 1 N–H and O–H groups in total. The standard InChI is InChI=1S/C23H23NO3/c1-26-21-14-12-19(13-15-21)22(16-23(25)20-10-6-3-7-11-20)24-27-17-18-8-4-2-5-9-18/h2-15,22,24H,16-17H2,1H3/t22-/m1/s1. The van der Waals surface area contributed by atoms with E-state index in [0.29, 0.717) is 18.6 Å². The number of benzene rings is 3. The topological polar surface area (TPSA) is 47.6 Å². The molecular formula is C23H23NO3. The molecule has 4 heteroatoms. The summed E-state index contributed by atoms with van der Waals surface area (Å²) in [4.78, 5) is 18.4. The second-order valence-corrected chi connectivity index (χ2v) is 6.21. The van der Waals surface area contributed by atoms with Gasteiger partial charge in [0.2, 0.25) is 0 Å². The van der Waals surface area contributed by atoms with E-state index in [1.807, 2.05) is 84.9 Å². The third-order valence-electron chi connectivity index (χ3n) is 4.31. The van der Waals surface area contributed by atoms with Gasteiger partial charge in [0.25, 0.3) is 0 Å². The lowest BCUT2D eigenvalue weighted by Gasteiger charge is -2.19. The summed E-state index contributed by atoms with van der Waals surface area (Å²) in [6, 6.07) is 26.6. The van der Waals surface area contributed by atoms with Crippen molar-refractivity contribution in [2.75, 3.05) is 7.11 Å². The van der Waals surface area contributed by atoms with Crippen LogP contribution < -0.4 is 10.2 Å². The molecule has 0 unspecified atom stereocenters. The molecule has 0 amide bonds. The van der Waals surface area contributed by atoms with E-state index in [0.717, 1.165) is 16.9 Å². The minimum atomic E-state index is -0.257. The minimum Gasteiger partial charge on any atom is -0.497 e. The number of hydrogen-bond acceptors (Lipinski definition) is 4. The van der Waals surface area contributed by atoms with E-state index in [1.54, 1.807) is 7.11 Å². The van der Waals surface area contributed by atoms with Gasteiger partial charge in [0.1, 0.15) is 5.75 Å². The molecule has 0 heterocycles. The van der Waals surface area contributed by atoms with E-state index in [1.165, 1.54) is 0 Å². The third kappa shape index (κ3) is 5.51. The molecule has 0 saturated carbocycles. The van der Waals surface area contributed by atoms with Crippen LogP contribution >= 0.6 is 0 Å². The maximum atomic E-state index is 12.7. The molecular weight excluding hydrogens is 338 g/mol. The Labute approximate surface area is 159 Å². The van der Waals surface area contributed by atoms with Gasteiger partial charge < -0.3 is 4.74 Å². The van der Waals surface area contributed by atoms with E-state index < -0.39 is 0 Å². The van der Waals surface area contributed by atoms with Crippen molar-refractivity contribution >= 4 is 5.78 Å². The number of ketones is 1. The lowest BCUT2D eigenvalue weighted by Crippen LogP contribution is -2.24. The summed E-state index contributed by atoms with van der Waals surface area (Å²) in [5.41, 5.74) is 5.78. The molecule has 3 aromatic carbocycles. The van der Waals surface area contributed by atoms with Crippen molar-refractivity contribution < 1.29 is 14.4 Å². The molecule has 3 rings (SSSR count). The van der Waals surface area contributed by atoms with E-state index in [-0.39, 0.29) is 11.8 Å². The molecule has 138 valence electrons. The predicted octanol–water partition coefficient (Wildman–Crippen LogP) is 4.73. The van der Waals surface area contributed by atoms with Gasteiger partial charge in [0, 0.05) is 12.0 Å². The molecule has 0 fully saturated rings. The van der Waals surface area contributed by atoms with Crippen molar-refractivity contribution in [1.82, 2.24) is 5.48 Å². The average molecular weight is 361 g/mol. The van der Waals surface area contributed by atoms with Gasteiger partial charge in [-0.1, -0.05) is 72.8 Å². The van der Waals surface area contributed by atoms with Crippen LogP contribution in [0.3, 0.4) is 0 Å². The first-order chi connectivity index (χ1) is 13.3. The quantitative estimate of drug-likeness (QED) is 0.442. The summed E-state index contributed by atoms with van der Waals surface area (Å²) in [5.74, 6) is 0.837. The Bertz CT molecular complexity index is 833. The van der Waals surface area contributed by atoms with Crippen LogP contribution in [-0.4, -0.2) is 12.9 Å². The van der Waals surface area contributed by atoms with Crippen LogP contribution in [0.5, 0.6) is 5.75 Å². The summed E-state index contributed by atoms with van der Waals surface area (Å²) in [6.45, 7) is 0.424. The smallest absolute Gasteiger partial charge is 0.164 e. The number of carbonyl (C=O) groups is 1. The highest BCUT2D eigenvalue weighted by Gasteiger charge is 2.17. The Morgan fingerprint density at radius 1 is 0.889 bits per heavy atom. The fraction of sp³-hybridized carbons (Fsp3) is 0.174. The third-order valence-corrected chi connectivity index (χ3v) is 4.31. The number of methoxy groups -OCH3 is 1. The average Bonchev–Trinajstić information content (AvgIpc) is 2.74. The summed E-state index contributed by atoms with van der Waals surface area (Å²) in [5, 5.41) is 0. The van der Waals surface area contributed by atoms with Crippen molar-refractivity contribution in [3.05, 3.63) is 102 Å². The molecule has 27 heavy (non-hydrogen) atoms. The molecule has 3 aromatic rings. The number of rotatable bonds is 9. The maximum absolute atomic E-state index is 12.7. The second kappa shape index (κ2) is 9.67. The summed E-state index contributed by atoms with van der Waals surface area (Å²) in [7, 11) is 1.63. The minimum absolute atomic E-state index is 0.0622. The number of carbonyl (C=O) groups excluding carboxylic acids is 1. The Kier molecular flexibility index (Phi) is 6.74. The maximum Gasteiger partial charge on any atom is 0.164 e. The van der Waals surface area contributed by atoms with Gasteiger partial charge in [-0.2, -0.15) is 5.48 Å². The largest absolute Gasteiger partial charge is 0.497 e. The van der Waals surface area contributed by atoms with Crippen molar-refractivity contribution in [2.24, 2.45) is 0 Å². The fourth-order valence-corrected chi connectivity index (χ4v) is 2.79. The van der Waals surface area contributed by atoms with Crippen LogP contribution in [0.25, 0.3) is 0 Å². The van der Waals surface area contributed by atoms with Crippen LogP contribution in [0.1, 0.15) is 33.9 Å². The Morgan fingerprint density at radius 3 is 2.15 bits per heavy atom. The zero-order valence-electron chi connectivity index (χ0n) is 15.3. The second-order valence-electron chi connectivity index (χ2n) is 6.21. The number of hydroxylamine groups is 1. The Hall–Kier alpha value is -2.95. The molecule has 0 aromatic heterocycles. The fourth-order valence-electron chi connectivity index (χ4n) is 2.79. The van der Waals surface area contributed by atoms with E-state index in [4.69, 9.17) is 9.57 Å². The first-order valence-electron chi connectivity index (χ1n) is 8.89. The molecule has 1 atom stereocenters. The van der Waals surface area contributed by atoms with Gasteiger partial charge in [-0.05, 0) is 23.3 Å². The van der Waals surface area contributed by atoms with Gasteiger partial charge in [-0.25, -0.2) is 0 Å². The molecule has 0 saturated heterocycles. The van der Waals surface area contributed by atoms with Crippen molar-refractivity contribution in [2.45, 2.75) is 19.1 Å². The monoisotopic (exact) mass is 361 g/mol. The van der Waals surface area contributed by atoms with Gasteiger partial charge >= 0.3 is 0 Å². The Balaban J connectivity index is 1.70. The lowest BCUT2D eigenvalue weighted by atomic mass is 9.98. The van der Waals surface area contributed by atoms with Gasteiger partial charge in [0.15, 0.2) is 5.78 Å². The van der Waals surface area contributed by atoms with Crippen LogP contribution in [0.4, 0.5) is 0 Å². The SMILES string of the molecule is COc1ccc([C@@H](CC(=O)c2ccccc2)NOCc2ccccc2)cc1. The first-order valence-corrected chi connectivity index (χ1v) is 8.89. The number of nitrogens with one attached hydrogen (secondary N) is 1. The van der Waals surface area contributed by atoms with E-state index >= 15 is 0 Å². The predicted molar refractivity (Wildman–Crippen MR) is 105 cm³/mol. The zero-order valence-corrected chi connectivity index (χ0v) is 15.3.